The van der Waals surface area contributed by atoms with E-state index in [4.69, 9.17) is 5.73 Å². The first-order chi connectivity index (χ1) is 27.4. The molecule has 0 saturated carbocycles. The predicted octanol–water partition coefficient (Wildman–Crippen LogP) is 4.99. The summed E-state index contributed by atoms with van der Waals surface area (Å²) in [5.41, 5.74) is 11.4. The van der Waals surface area contributed by atoms with Crippen molar-refractivity contribution < 1.29 is 37.1 Å². The minimum atomic E-state index is -4.74. The molecule has 300 valence electrons. The van der Waals surface area contributed by atoms with Crippen LogP contribution < -0.4 is 20.7 Å². The van der Waals surface area contributed by atoms with Crippen LogP contribution >= 0.6 is 0 Å². The summed E-state index contributed by atoms with van der Waals surface area (Å²) in [6.45, 7) is 8.56. The number of nitrogens with two attached hydrogens (primary N) is 1. The number of benzene rings is 3. The van der Waals surface area contributed by atoms with E-state index in [1.54, 1.807) is 24.3 Å². The van der Waals surface area contributed by atoms with Gasteiger partial charge in [-0.25, -0.2) is 0 Å². The number of hydrogen-bond acceptors (Lipinski definition) is 9. The fourth-order valence-electron chi connectivity index (χ4n) is 8.74. The number of anilines is 1. The van der Waals surface area contributed by atoms with Crippen LogP contribution in [0, 0.1) is 5.92 Å². The van der Waals surface area contributed by atoms with Gasteiger partial charge >= 0.3 is 6.36 Å². The Morgan fingerprint density at radius 2 is 1.53 bits per heavy atom. The van der Waals surface area contributed by atoms with Gasteiger partial charge < -0.3 is 19.9 Å². The number of likely N-dealkylation sites (tertiary alicyclic amines) is 1. The van der Waals surface area contributed by atoms with Gasteiger partial charge in [0.25, 0.3) is 11.8 Å². The third-order valence-corrected chi connectivity index (χ3v) is 11.7. The van der Waals surface area contributed by atoms with Gasteiger partial charge in [-0.1, -0.05) is 24.3 Å². The van der Waals surface area contributed by atoms with Crippen molar-refractivity contribution >= 4 is 40.2 Å². The van der Waals surface area contributed by atoms with Gasteiger partial charge in [0.05, 0.1) is 11.1 Å². The van der Waals surface area contributed by atoms with E-state index in [9.17, 15) is 32.3 Å². The van der Waals surface area contributed by atoms with Crippen molar-refractivity contribution in [3.63, 3.8) is 0 Å². The number of ether oxygens (including phenoxy) is 1. The molecule has 3 N–H and O–H groups in total. The van der Waals surface area contributed by atoms with Gasteiger partial charge in [-0.3, -0.25) is 39.2 Å². The monoisotopic (exact) mass is 785 g/mol. The molecule has 0 bridgehead atoms. The SMILES string of the molecule is NCCCn1cc(-c2ccc(OC(F)(F)F)cc2)c2ccc(CN3CCC(CN4CCN(c5ccc6c(c5)C(=O)N(C5CCC(=O)NC5=O)C6=O)CC4)CC3)cc21. The lowest BCUT2D eigenvalue weighted by atomic mass is 9.95. The number of alkyl halides is 3. The minimum absolute atomic E-state index is 0.0851. The van der Waals surface area contributed by atoms with E-state index in [1.807, 2.05) is 6.07 Å². The Morgan fingerprint density at radius 3 is 2.23 bits per heavy atom. The fourth-order valence-corrected chi connectivity index (χ4v) is 8.74. The zero-order valence-electron chi connectivity index (χ0n) is 31.6. The first kappa shape index (κ1) is 38.6. The van der Waals surface area contributed by atoms with Gasteiger partial charge in [-0.15, -0.1) is 13.2 Å². The summed E-state index contributed by atoms with van der Waals surface area (Å²) in [6, 6.07) is 16.8. The molecular formula is C42H46F3N7O5. The van der Waals surface area contributed by atoms with Crippen LogP contribution in [0.15, 0.2) is 66.9 Å². The Bertz CT molecular complexity index is 2170. The number of amides is 4. The van der Waals surface area contributed by atoms with E-state index < -0.39 is 36.0 Å². The molecule has 4 amide bonds. The first-order valence-electron chi connectivity index (χ1n) is 19.7. The highest BCUT2D eigenvalue weighted by atomic mass is 19.4. The highest BCUT2D eigenvalue weighted by Gasteiger charge is 2.45. The van der Waals surface area contributed by atoms with E-state index in [2.05, 4.69) is 53.7 Å². The van der Waals surface area contributed by atoms with Crippen LogP contribution in [0.2, 0.25) is 0 Å². The molecule has 3 fully saturated rings. The molecule has 4 aliphatic heterocycles. The average molecular weight is 786 g/mol. The van der Waals surface area contributed by atoms with Crippen LogP contribution in [0.4, 0.5) is 18.9 Å². The number of nitrogens with one attached hydrogen (secondary N) is 1. The summed E-state index contributed by atoms with van der Waals surface area (Å²) in [5, 5.41) is 3.28. The molecule has 3 aromatic carbocycles. The first-order valence-corrected chi connectivity index (χ1v) is 19.7. The van der Waals surface area contributed by atoms with Crippen molar-refractivity contribution in [2.24, 2.45) is 11.7 Å². The number of hydrogen-bond donors (Lipinski definition) is 2. The molecule has 57 heavy (non-hydrogen) atoms. The van der Waals surface area contributed by atoms with Gasteiger partial charge in [0.15, 0.2) is 0 Å². The van der Waals surface area contributed by atoms with Crippen LogP contribution in [0.1, 0.15) is 58.4 Å². The van der Waals surface area contributed by atoms with E-state index in [0.717, 1.165) is 111 Å². The molecule has 3 saturated heterocycles. The maximum absolute atomic E-state index is 13.3. The van der Waals surface area contributed by atoms with E-state index in [-0.39, 0.29) is 24.2 Å². The van der Waals surface area contributed by atoms with E-state index in [0.29, 0.717) is 18.0 Å². The Labute approximate surface area is 328 Å². The molecule has 0 radical (unpaired) electrons. The summed E-state index contributed by atoms with van der Waals surface area (Å²) in [7, 11) is 0. The fraction of sp³-hybridized carbons (Fsp3) is 0.429. The van der Waals surface area contributed by atoms with Crippen LogP contribution in [0.25, 0.3) is 22.0 Å². The largest absolute Gasteiger partial charge is 0.573 e. The van der Waals surface area contributed by atoms with Gasteiger partial charge in [0, 0.05) is 80.6 Å². The highest BCUT2D eigenvalue weighted by molar-refractivity contribution is 6.23. The Morgan fingerprint density at radius 1 is 0.789 bits per heavy atom. The molecule has 5 heterocycles. The number of carbonyl (C=O) groups is 4. The summed E-state index contributed by atoms with van der Waals surface area (Å²) >= 11 is 0. The molecular weight excluding hydrogens is 739 g/mol. The minimum Gasteiger partial charge on any atom is -0.406 e. The summed E-state index contributed by atoms with van der Waals surface area (Å²) < 4.78 is 44.4. The van der Waals surface area contributed by atoms with E-state index >= 15 is 0 Å². The topological polar surface area (TPSA) is 133 Å². The molecule has 8 rings (SSSR count). The number of nitrogens with zero attached hydrogens (tertiary/aromatic N) is 5. The van der Waals surface area contributed by atoms with Crippen LogP contribution in [0.3, 0.4) is 0 Å². The number of imide groups is 2. The Balaban J connectivity index is 0.837. The van der Waals surface area contributed by atoms with Gasteiger partial charge in [-0.05, 0) is 98.8 Å². The predicted molar refractivity (Wildman–Crippen MR) is 207 cm³/mol. The summed E-state index contributed by atoms with van der Waals surface area (Å²) in [5.74, 6) is -1.65. The molecule has 15 heteroatoms. The van der Waals surface area contributed by atoms with Gasteiger partial charge in [0.1, 0.15) is 11.8 Å². The van der Waals surface area contributed by atoms with Crippen molar-refractivity contribution in [1.82, 2.24) is 24.6 Å². The standard InChI is InChI=1S/C42H46F3N7O5/c43-42(44,45)57-31-6-3-29(4-7-31)35-26-51(15-1-14-46)37-22-28(2-8-32(35)37)25-48-16-12-27(13-17-48)24-49-18-20-50(21-19-49)30-5-9-33-34(23-30)41(56)52(40(33)55)36-10-11-38(53)47-39(36)54/h2-9,22-23,26-27,36H,1,10-21,24-25,46H2,(H,47,53,54). The molecule has 4 aromatic rings. The lowest BCUT2D eigenvalue weighted by Gasteiger charge is -2.39. The second-order valence-corrected chi connectivity index (χ2v) is 15.5. The number of piperazine rings is 1. The zero-order valence-corrected chi connectivity index (χ0v) is 31.6. The number of fused-ring (bicyclic) bond motifs is 2. The second kappa shape index (κ2) is 15.9. The maximum Gasteiger partial charge on any atom is 0.573 e. The Hall–Kier alpha value is -5.25. The quantitative estimate of drug-likeness (QED) is 0.202. The van der Waals surface area contributed by atoms with Crippen molar-refractivity contribution in [3.8, 4) is 16.9 Å². The second-order valence-electron chi connectivity index (χ2n) is 15.5. The van der Waals surface area contributed by atoms with Gasteiger partial charge in [0.2, 0.25) is 11.8 Å². The number of piperidine rings is 2. The van der Waals surface area contributed by atoms with Crippen LogP contribution in [-0.4, -0.2) is 108 Å². The zero-order chi connectivity index (χ0) is 39.8. The normalized spacial score (nSPS) is 20.1. The van der Waals surface area contributed by atoms with Crippen molar-refractivity contribution in [3.05, 3.63) is 83.6 Å². The third-order valence-electron chi connectivity index (χ3n) is 11.7. The highest BCUT2D eigenvalue weighted by Crippen LogP contribution is 2.35. The van der Waals surface area contributed by atoms with Crippen molar-refractivity contribution in [2.75, 3.05) is 57.3 Å². The van der Waals surface area contributed by atoms with Crippen LogP contribution in [0.5, 0.6) is 5.75 Å². The van der Waals surface area contributed by atoms with Crippen LogP contribution in [-0.2, 0) is 22.7 Å². The number of aromatic nitrogens is 1. The molecule has 4 aliphatic rings. The van der Waals surface area contributed by atoms with Crippen molar-refractivity contribution in [2.45, 2.75) is 57.6 Å². The number of rotatable bonds is 11. The lowest BCUT2D eigenvalue weighted by molar-refractivity contribution is -0.274. The maximum atomic E-state index is 13.3. The Kier molecular flexibility index (Phi) is 10.8. The third kappa shape index (κ3) is 8.27. The molecule has 0 spiro atoms. The average Bonchev–Trinajstić information content (AvgIpc) is 3.67. The molecule has 1 aromatic heterocycles. The van der Waals surface area contributed by atoms with Crippen molar-refractivity contribution in [1.29, 1.82) is 0 Å². The smallest absolute Gasteiger partial charge is 0.406 e. The number of halogens is 3. The molecule has 0 aliphatic carbocycles. The van der Waals surface area contributed by atoms with Gasteiger partial charge in [-0.2, -0.15) is 0 Å². The number of aryl methyl sites for hydroxylation is 1. The lowest BCUT2D eigenvalue weighted by Crippen LogP contribution is -2.54. The summed E-state index contributed by atoms with van der Waals surface area (Å²) in [4.78, 5) is 58.8. The molecule has 12 nitrogen and oxygen atoms in total. The molecule has 1 unspecified atom stereocenters. The summed E-state index contributed by atoms with van der Waals surface area (Å²) in [6.07, 6.45) is 0.558. The van der Waals surface area contributed by atoms with E-state index in [1.165, 1.54) is 17.7 Å². The number of carbonyl (C=O) groups excluding carboxylic acids is 4. The molecule has 1 atom stereocenters.